The van der Waals surface area contributed by atoms with E-state index in [1.165, 1.54) is 11.1 Å². The summed E-state index contributed by atoms with van der Waals surface area (Å²) < 4.78 is 0. The van der Waals surface area contributed by atoms with Crippen LogP contribution >= 0.6 is 11.8 Å². The van der Waals surface area contributed by atoms with Crippen LogP contribution in [0, 0.1) is 6.92 Å². The summed E-state index contributed by atoms with van der Waals surface area (Å²) in [5, 5.41) is 5.49. The molecule has 0 fully saturated rings. The van der Waals surface area contributed by atoms with Crippen LogP contribution in [-0.2, 0) is 9.63 Å². The van der Waals surface area contributed by atoms with Crippen LogP contribution < -0.4 is 5.32 Å². The fourth-order valence-corrected chi connectivity index (χ4v) is 3.24. The van der Waals surface area contributed by atoms with Gasteiger partial charge in [-0.3, -0.25) is 9.63 Å². The summed E-state index contributed by atoms with van der Waals surface area (Å²) in [5.74, 6) is 0. The number of rotatable bonds is 5. The van der Waals surface area contributed by atoms with Crippen LogP contribution in [-0.4, -0.2) is 18.1 Å². The van der Waals surface area contributed by atoms with E-state index in [0.717, 1.165) is 10.7 Å². The van der Waals surface area contributed by atoms with E-state index < -0.39 is 0 Å². The molecule has 0 aromatic heterocycles. The van der Waals surface area contributed by atoms with Gasteiger partial charge in [-0.2, -0.15) is 0 Å². The Morgan fingerprint density at radius 3 is 2.89 bits per heavy atom. The number of benzene rings is 1. The fourth-order valence-electron chi connectivity index (χ4n) is 2.04. The number of amides is 1. The second kappa shape index (κ2) is 6.12. The van der Waals surface area contributed by atoms with Crippen molar-refractivity contribution in [2.45, 2.75) is 26.1 Å². The average molecular weight is 278 g/mol. The van der Waals surface area contributed by atoms with Gasteiger partial charge in [0.25, 0.3) is 0 Å². The Morgan fingerprint density at radius 1 is 1.47 bits per heavy atom. The lowest BCUT2D eigenvalue weighted by Crippen LogP contribution is -2.22. The SMILES string of the molecule is CCON1C(C)=C(NC=O)SC1c1cccc(C)c1. The molecule has 0 bridgehead atoms. The average Bonchev–Trinajstić information content (AvgIpc) is 2.69. The zero-order valence-corrected chi connectivity index (χ0v) is 12.2. The summed E-state index contributed by atoms with van der Waals surface area (Å²) in [7, 11) is 0. The van der Waals surface area contributed by atoms with E-state index in [2.05, 4.69) is 30.4 Å². The first-order chi connectivity index (χ1) is 9.17. The quantitative estimate of drug-likeness (QED) is 0.841. The molecule has 2 rings (SSSR count). The maximum atomic E-state index is 10.7. The lowest BCUT2D eigenvalue weighted by atomic mass is 10.1. The lowest BCUT2D eigenvalue weighted by Gasteiger charge is -2.26. The van der Waals surface area contributed by atoms with E-state index in [4.69, 9.17) is 4.84 Å². The summed E-state index contributed by atoms with van der Waals surface area (Å²) in [5.41, 5.74) is 3.31. The number of carbonyl (C=O) groups excluding carboxylic acids is 1. The van der Waals surface area contributed by atoms with Gasteiger partial charge < -0.3 is 5.32 Å². The maximum absolute atomic E-state index is 10.7. The van der Waals surface area contributed by atoms with Gasteiger partial charge in [0.15, 0.2) is 0 Å². The minimum absolute atomic E-state index is 0.0438. The van der Waals surface area contributed by atoms with Crippen molar-refractivity contribution in [2.24, 2.45) is 0 Å². The highest BCUT2D eigenvalue weighted by molar-refractivity contribution is 8.03. The largest absolute Gasteiger partial charge is 0.322 e. The van der Waals surface area contributed by atoms with Crippen molar-refractivity contribution in [2.75, 3.05) is 6.61 Å². The first-order valence-electron chi connectivity index (χ1n) is 6.23. The fraction of sp³-hybridized carbons (Fsp3) is 0.357. The zero-order chi connectivity index (χ0) is 13.8. The van der Waals surface area contributed by atoms with Crippen LogP contribution in [0.1, 0.15) is 30.3 Å². The number of hydrogen-bond acceptors (Lipinski definition) is 4. The molecule has 1 aliphatic heterocycles. The summed E-state index contributed by atoms with van der Waals surface area (Å²) in [4.78, 5) is 16.3. The number of carbonyl (C=O) groups is 1. The van der Waals surface area contributed by atoms with Gasteiger partial charge >= 0.3 is 0 Å². The number of nitrogens with one attached hydrogen (secondary N) is 1. The van der Waals surface area contributed by atoms with E-state index in [-0.39, 0.29) is 5.37 Å². The predicted molar refractivity (Wildman–Crippen MR) is 76.9 cm³/mol. The smallest absolute Gasteiger partial charge is 0.211 e. The second-order valence-corrected chi connectivity index (χ2v) is 5.40. The van der Waals surface area contributed by atoms with Gasteiger partial charge in [-0.25, -0.2) is 5.06 Å². The Kier molecular flexibility index (Phi) is 4.50. The molecule has 1 heterocycles. The van der Waals surface area contributed by atoms with Gasteiger partial charge in [0.1, 0.15) is 5.37 Å². The van der Waals surface area contributed by atoms with Crippen LogP contribution in [0.4, 0.5) is 0 Å². The van der Waals surface area contributed by atoms with Gasteiger partial charge in [-0.1, -0.05) is 41.6 Å². The zero-order valence-electron chi connectivity index (χ0n) is 11.3. The van der Waals surface area contributed by atoms with Crippen molar-refractivity contribution in [1.29, 1.82) is 0 Å². The first-order valence-corrected chi connectivity index (χ1v) is 7.11. The van der Waals surface area contributed by atoms with Crippen molar-refractivity contribution >= 4 is 18.2 Å². The number of hydrogen-bond donors (Lipinski definition) is 1. The number of allylic oxidation sites excluding steroid dienone is 1. The number of thioether (sulfide) groups is 1. The third-order valence-corrected chi connectivity index (χ3v) is 4.22. The van der Waals surface area contributed by atoms with Gasteiger partial charge in [0.2, 0.25) is 6.41 Å². The van der Waals surface area contributed by atoms with Crippen molar-refractivity contribution in [3.8, 4) is 0 Å². The molecule has 1 atom stereocenters. The van der Waals surface area contributed by atoms with E-state index in [1.807, 2.05) is 25.0 Å². The van der Waals surface area contributed by atoms with Crippen molar-refractivity contribution < 1.29 is 9.63 Å². The monoisotopic (exact) mass is 278 g/mol. The van der Waals surface area contributed by atoms with Gasteiger partial charge in [0, 0.05) is 0 Å². The number of nitrogens with zero attached hydrogens (tertiary/aromatic N) is 1. The Balaban J connectivity index is 2.29. The van der Waals surface area contributed by atoms with Crippen molar-refractivity contribution in [3.05, 3.63) is 46.1 Å². The Morgan fingerprint density at radius 2 is 2.26 bits per heavy atom. The topological polar surface area (TPSA) is 41.6 Å². The molecule has 102 valence electrons. The van der Waals surface area contributed by atoms with Gasteiger partial charge in [0.05, 0.1) is 17.3 Å². The molecule has 0 saturated carbocycles. The normalized spacial score (nSPS) is 18.9. The van der Waals surface area contributed by atoms with Crippen LogP contribution in [0.5, 0.6) is 0 Å². The molecule has 1 aliphatic rings. The predicted octanol–water partition coefficient (Wildman–Crippen LogP) is 2.93. The summed E-state index contributed by atoms with van der Waals surface area (Å²) in [6, 6.07) is 8.32. The third-order valence-electron chi connectivity index (χ3n) is 2.89. The molecule has 1 unspecified atom stereocenters. The summed E-state index contributed by atoms with van der Waals surface area (Å²) in [6.45, 7) is 6.56. The second-order valence-electron chi connectivity index (χ2n) is 4.30. The molecule has 0 radical (unpaired) electrons. The van der Waals surface area contributed by atoms with E-state index in [1.54, 1.807) is 11.8 Å². The van der Waals surface area contributed by atoms with E-state index in [9.17, 15) is 4.79 Å². The van der Waals surface area contributed by atoms with Crippen LogP contribution in [0.15, 0.2) is 35.0 Å². The maximum Gasteiger partial charge on any atom is 0.211 e. The van der Waals surface area contributed by atoms with Gasteiger partial charge in [-0.05, 0) is 26.3 Å². The Labute approximate surface area is 117 Å². The molecular formula is C14H18N2O2S. The summed E-state index contributed by atoms with van der Waals surface area (Å²) >= 11 is 1.59. The molecule has 4 nitrogen and oxygen atoms in total. The minimum atomic E-state index is 0.0438. The molecule has 0 saturated heterocycles. The molecule has 19 heavy (non-hydrogen) atoms. The van der Waals surface area contributed by atoms with Crippen LogP contribution in [0.3, 0.4) is 0 Å². The molecule has 1 amide bonds. The number of aryl methyl sites for hydroxylation is 1. The highest BCUT2D eigenvalue weighted by Crippen LogP contribution is 2.46. The molecule has 5 heteroatoms. The highest BCUT2D eigenvalue weighted by Gasteiger charge is 2.32. The Hall–Kier alpha value is -1.46. The minimum Gasteiger partial charge on any atom is -0.322 e. The summed E-state index contributed by atoms with van der Waals surface area (Å²) in [6.07, 6.45) is 0.703. The first kappa shape index (κ1) is 14.0. The molecular weight excluding hydrogens is 260 g/mol. The highest BCUT2D eigenvalue weighted by atomic mass is 32.2. The third kappa shape index (κ3) is 2.93. The molecule has 0 spiro atoms. The number of hydroxylamine groups is 2. The van der Waals surface area contributed by atoms with E-state index in [0.29, 0.717) is 13.0 Å². The standard InChI is InChI=1S/C14H18N2O2S/c1-4-18-16-11(3)13(15-9-17)19-14(16)12-7-5-6-10(2)8-12/h5-9,14H,4H2,1-3H3,(H,15,17). The van der Waals surface area contributed by atoms with Crippen LogP contribution in [0.2, 0.25) is 0 Å². The molecule has 1 aromatic rings. The molecule has 0 aliphatic carbocycles. The van der Waals surface area contributed by atoms with Crippen LogP contribution in [0.25, 0.3) is 0 Å². The van der Waals surface area contributed by atoms with Gasteiger partial charge in [-0.15, -0.1) is 0 Å². The Bertz CT molecular complexity index is 502. The van der Waals surface area contributed by atoms with Crippen molar-refractivity contribution in [3.63, 3.8) is 0 Å². The molecule has 1 aromatic carbocycles. The molecule has 1 N–H and O–H groups in total. The van der Waals surface area contributed by atoms with E-state index >= 15 is 0 Å². The lowest BCUT2D eigenvalue weighted by molar-refractivity contribution is -0.133. The van der Waals surface area contributed by atoms with Crippen molar-refractivity contribution in [1.82, 2.24) is 10.4 Å².